The van der Waals surface area contributed by atoms with E-state index in [4.69, 9.17) is 4.74 Å². The van der Waals surface area contributed by atoms with Crippen LogP contribution in [0.15, 0.2) is 77.7 Å². The summed E-state index contributed by atoms with van der Waals surface area (Å²) < 4.78 is 74.3. The first-order valence-electron chi connectivity index (χ1n) is 14.0. The molecule has 1 aliphatic rings. The Kier molecular flexibility index (Phi) is 10.3. The van der Waals surface area contributed by atoms with Gasteiger partial charge in [0.1, 0.15) is 5.75 Å². The van der Waals surface area contributed by atoms with Gasteiger partial charge in [0.25, 0.3) is 0 Å². The fraction of sp³-hybridized carbons (Fsp3) is 0.387. The van der Waals surface area contributed by atoms with Crippen LogP contribution >= 0.6 is 0 Å². The number of sulfonamides is 1. The first-order valence-corrected chi connectivity index (χ1v) is 15.4. The molecule has 42 heavy (non-hydrogen) atoms. The van der Waals surface area contributed by atoms with Crippen LogP contribution in [0.1, 0.15) is 67.4 Å². The van der Waals surface area contributed by atoms with E-state index in [1.54, 1.807) is 30.3 Å². The van der Waals surface area contributed by atoms with Crippen LogP contribution in [0.2, 0.25) is 0 Å². The van der Waals surface area contributed by atoms with E-state index in [1.165, 1.54) is 0 Å². The van der Waals surface area contributed by atoms with Gasteiger partial charge in [-0.2, -0.15) is 13.2 Å². The van der Waals surface area contributed by atoms with Gasteiger partial charge in [-0.15, -0.1) is 0 Å². The van der Waals surface area contributed by atoms with E-state index in [-0.39, 0.29) is 12.5 Å². The lowest BCUT2D eigenvalue weighted by atomic mass is 9.97. The normalized spacial score (nSPS) is 16.6. The molecule has 11 heteroatoms. The van der Waals surface area contributed by atoms with E-state index in [1.807, 2.05) is 18.2 Å². The number of hydrogen-bond acceptors (Lipinski definition) is 5. The van der Waals surface area contributed by atoms with Gasteiger partial charge in [-0.1, -0.05) is 68.8 Å². The van der Waals surface area contributed by atoms with Crippen molar-refractivity contribution in [3.05, 3.63) is 95.1 Å². The number of alkyl halides is 3. The summed E-state index contributed by atoms with van der Waals surface area (Å²) in [6.07, 6.45) is -3.32. The molecule has 226 valence electrons. The highest BCUT2D eigenvalue weighted by Gasteiger charge is 2.33. The number of ether oxygens (including phenoxy) is 1. The average Bonchev–Trinajstić information content (AvgIpc) is 2.96. The van der Waals surface area contributed by atoms with Crippen LogP contribution in [0.3, 0.4) is 0 Å². The molecule has 3 atom stereocenters. The molecule has 0 spiro atoms. The maximum absolute atomic E-state index is 13.3. The maximum Gasteiger partial charge on any atom is 0.416 e. The second kappa shape index (κ2) is 13.7. The van der Waals surface area contributed by atoms with Gasteiger partial charge in [0.2, 0.25) is 15.9 Å². The quantitative estimate of drug-likeness (QED) is 0.240. The summed E-state index contributed by atoms with van der Waals surface area (Å²) in [7, 11) is -4.39. The third-order valence-electron chi connectivity index (χ3n) is 7.33. The highest BCUT2D eigenvalue weighted by atomic mass is 32.2. The van der Waals surface area contributed by atoms with E-state index >= 15 is 0 Å². The highest BCUT2D eigenvalue weighted by Crippen LogP contribution is 2.34. The summed E-state index contributed by atoms with van der Waals surface area (Å²) >= 11 is 0. The summed E-state index contributed by atoms with van der Waals surface area (Å²) in [5, 5.41) is 6.44. The van der Waals surface area contributed by atoms with Crippen molar-refractivity contribution in [2.24, 2.45) is 5.92 Å². The zero-order chi connectivity index (χ0) is 30.3. The van der Waals surface area contributed by atoms with Gasteiger partial charge in [0.05, 0.1) is 29.1 Å². The SMILES string of the molecule is CCC(C)CNCc1ccc2c(c1)OCCC2NC(=O)CC(NS(=O)(=O)c1cccc(C(F)(F)F)c1)c1ccccc1. The Balaban J connectivity index is 1.48. The molecular formula is C31H36F3N3O4S. The van der Waals surface area contributed by atoms with Gasteiger partial charge >= 0.3 is 6.18 Å². The Morgan fingerprint density at radius 1 is 1.05 bits per heavy atom. The number of amides is 1. The number of rotatable bonds is 12. The molecule has 3 N–H and O–H groups in total. The highest BCUT2D eigenvalue weighted by molar-refractivity contribution is 7.89. The number of carbonyl (C=O) groups excluding carboxylic acids is 1. The van der Waals surface area contributed by atoms with Gasteiger partial charge in [-0.3, -0.25) is 4.79 Å². The van der Waals surface area contributed by atoms with E-state index < -0.39 is 38.6 Å². The largest absolute Gasteiger partial charge is 0.493 e. The number of benzene rings is 3. The van der Waals surface area contributed by atoms with Crippen LogP contribution in [-0.2, 0) is 27.5 Å². The third-order valence-corrected chi connectivity index (χ3v) is 8.80. The smallest absolute Gasteiger partial charge is 0.416 e. The number of halogens is 3. The Labute approximate surface area is 244 Å². The molecule has 3 unspecified atom stereocenters. The van der Waals surface area contributed by atoms with E-state index in [9.17, 15) is 26.4 Å². The second-order valence-corrected chi connectivity index (χ2v) is 12.3. The summed E-state index contributed by atoms with van der Waals surface area (Å²) in [5.74, 6) is 0.861. The van der Waals surface area contributed by atoms with Crippen molar-refractivity contribution in [3.63, 3.8) is 0 Å². The Bertz CT molecular complexity index is 1470. The molecule has 1 heterocycles. The van der Waals surface area contributed by atoms with E-state index in [0.717, 1.165) is 42.3 Å². The van der Waals surface area contributed by atoms with Crippen molar-refractivity contribution in [2.45, 2.75) is 62.8 Å². The fourth-order valence-electron chi connectivity index (χ4n) is 4.75. The molecule has 0 saturated heterocycles. The number of carbonyl (C=O) groups is 1. The van der Waals surface area contributed by atoms with Crippen molar-refractivity contribution >= 4 is 15.9 Å². The van der Waals surface area contributed by atoms with Gasteiger partial charge in [-0.25, -0.2) is 13.1 Å². The summed E-state index contributed by atoms with van der Waals surface area (Å²) in [6.45, 7) is 6.36. The Hall–Kier alpha value is -3.41. The van der Waals surface area contributed by atoms with E-state index in [0.29, 0.717) is 42.9 Å². The standard InChI is InChI=1S/C31H36F3N3O4S/c1-3-21(2)19-35-20-22-12-13-26-27(14-15-41-29(26)16-22)36-30(38)18-28(23-8-5-4-6-9-23)37-42(39,40)25-11-7-10-24(17-25)31(32,33)34/h4-13,16-17,21,27-28,35,37H,3,14-15,18-20H2,1-2H3,(H,36,38). The van der Waals surface area contributed by atoms with Crippen LogP contribution in [-0.4, -0.2) is 27.5 Å². The zero-order valence-corrected chi connectivity index (χ0v) is 24.4. The van der Waals surface area contributed by atoms with Crippen LogP contribution < -0.4 is 20.1 Å². The minimum Gasteiger partial charge on any atom is -0.493 e. The molecule has 7 nitrogen and oxygen atoms in total. The molecule has 0 fully saturated rings. The maximum atomic E-state index is 13.3. The molecule has 0 bridgehead atoms. The van der Waals surface area contributed by atoms with Gasteiger partial charge in [0, 0.05) is 24.9 Å². The van der Waals surface area contributed by atoms with Crippen molar-refractivity contribution in [2.75, 3.05) is 13.2 Å². The predicted octanol–water partition coefficient (Wildman–Crippen LogP) is 5.89. The lowest BCUT2D eigenvalue weighted by Crippen LogP contribution is -2.36. The number of nitrogens with one attached hydrogen (secondary N) is 3. The molecule has 4 rings (SSSR count). The number of hydrogen-bond donors (Lipinski definition) is 3. The minimum absolute atomic E-state index is 0.257. The van der Waals surface area contributed by atoms with Gasteiger partial charge in [-0.05, 0) is 47.9 Å². The van der Waals surface area contributed by atoms with Crippen molar-refractivity contribution in [1.29, 1.82) is 0 Å². The summed E-state index contributed by atoms with van der Waals surface area (Å²) in [5.41, 5.74) is 1.33. The summed E-state index contributed by atoms with van der Waals surface area (Å²) in [4.78, 5) is 12.7. The van der Waals surface area contributed by atoms with Crippen molar-refractivity contribution in [3.8, 4) is 5.75 Å². The molecule has 1 aliphatic heterocycles. The molecule has 3 aromatic carbocycles. The van der Waals surface area contributed by atoms with Crippen LogP contribution in [0.5, 0.6) is 5.75 Å². The average molecular weight is 604 g/mol. The van der Waals surface area contributed by atoms with E-state index in [2.05, 4.69) is 29.2 Å². The first-order chi connectivity index (χ1) is 20.0. The topological polar surface area (TPSA) is 96.5 Å². The van der Waals surface area contributed by atoms with Crippen LogP contribution in [0.4, 0.5) is 13.2 Å². The molecule has 0 saturated carbocycles. The van der Waals surface area contributed by atoms with Crippen molar-refractivity contribution < 1.29 is 31.1 Å². The van der Waals surface area contributed by atoms with Crippen LogP contribution in [0.25, 0.3) is 0 Å². The molecule has 1 amide bonds. The molecular weight excluding hydrogens is 567 g/mol. The molecule has 0 aromatic heterocycles. The molecule has 0 aliphatic carbocycles. The lowest BCUT2D eigenvalue weighted by molar-refractivity contribution is -0.137. The zero-order valence-electron chi connectivity index (χ0n) is 23.6. The monoisotopic (exact) mass is 603 g/mol. The van der Waals surface area contributed by atoms with Crippen LogP contribution in [0, 0.1) is 5.92 Å². The summed E-state index contributed by atoms with van der Waals surface area (Å²) in [6, 6.07) is 16.5. The first kappa shape index (κ1) is 31.5. The lowest BCUT2D eigenvalue weighted by Gasteiger charge is -2.28. The van der Waals surface area contributed by atoms with Gasteiger partial charge < -0.3 is 15.4 Å². The number of fused-ring (bicyclic) bond motifs is 1. The second-order valence-electron chi connectivity index (χ2n) is 10.6. The fourth-order valence-corrected chi connectivity index (χ4v) is 6.02. The predicted molar refractivity (Wildman–Crippen MR) is 154 cm³/mol. The van der Waals surface area contributed by atoms with Gasteiger partial charge in [0.15, 0.2) is 0 Å². The minimum atomic E-state index is -4.70. The molecule has 3 aromatic rings. The Morgan fingerprint density at radius 3 is 2.52 bits per heavy atom. The Morgan fingerprint density at radius 2 is 1.81 bits per heavy atom. The molecule has 0 radical (unpaired) electrons. The third kappa shape index (κ3) is 8.33. The van der Waals surface area contributed by atoms with Crippen molar-refractivity contribution in [1.82, 2.24) is 15.4 Å².